The lowest BCUT2D eigenvalue weighted by molar-refractivity contribution is 0.0990. The molecule has 2 N–H and O–H groups in total. The summed E-state index contributed by atoms with van der Waals surface area (Å²) >= 11 is 0. The first-order valence-electron chi connectivity index (χ1n) is 2.24. The molecule has 0 fully saturated rings. The molecule has 1 aromatic rings. The second-order valence-electron chi connectivity index (χ2n) is 1.47. The molecule has 48 valence electrons. The molecule has 0 bridgehead atoms. The number of aryl methyl sites for hydroxylation is 1. The van der Waals surface area contributed by atoms with Crippen molar-refractivity contribution in [3.8, 4) is 0 Å². The van der Waals surface area contributed by atoms with Crippen molar-refractivity contribution in [2.24, 2.45) is 12.8 Å². The number of hydrogen-bond acceptors (Lipinski definition) is 4. The average molecular weight is 127 g/mol. The molecule has 1 heterocycles. The maximum atomic E-state index is 10.3. The summed E-state index contributed by atoms with van der Waals surface area (Å²) in [5, 5.41) is 10.3. The number of carbonyl (C=O) groups excluding carboxylic acids is 1. The number of aromatic nitrogens is 4. The van der Waals surface area contributed by atoms with Gasteiger partial charge < -0.3 is 5.73 Å². The number of tetrazole rings is 1. The zero-order valence-corrected chi connectivity index (χ0v) is 4.77. The molecule has 6 nitrogen and oxygen atoms in total. The van der Waals surface area contributed by atoms with Crippen LogP contribution in [0.3, 0.4) is 0 Å². The van der Waals surface area contributed by atoms with E-state index < -0.39 is 5.91 Å². The molecule has 0 aromatic carbocycles. The minimum atomic E-state index is -0.664. The smallest absolute Gasteiger partial charge is 0.290 e. The van der Waals surface area contributed by atoms with Crippen LogP contribution >= 0.6 is 0 Å². The lowest BCUT2D eigenvalue weighted by Crippen LogP contribution is -2.13. The standard InChI is InChI=1S/C3H5N5O/c1-8-6-3(2(4)9)5-7-8/h1H3,(H2,4,9). The lowest BCUT2D eigenvalue weighted by Gasteiger charge is -1.78. The largest absolute Gasteiger partial charge is 0.363 e. The number of carbonyl (C=O) groups is 1. The third kappa shape index (κ3) is 1.01. The van der Waals surface area contributed by atoms with Crippen LogP contribution in [0, 0.1) is 0 Å². The van der Waals surface area contributed by atoms with E-state index >= 15 is 0 Å². The normalized spacial score (nSPS) is 9.44. The molecule has 0 radical (unpaired) electrons. The molecule has 0 unspecified atom stereocenters. The van der Waals surface area contributed by atoms with E-state index in [9.17, 15) is 4.79 Å². The van der Waals surface area contributed by atoms with Gasteiger partial charge in [-0.2, -0.15) is 4.80 Å². The Morgan fingerprint density at radius 1 is 1.78 bits per heavy atom. The van der Waals surface area contributed by atoms with Crippen molar-refractivity contribution in [1.29, 1.82) is 0 Å². The van der Waals surface area contributed by atoms with E-state index in [1.165, 1.54) is 4.80 Å². The molecule has 0 atom stereocenters. The first kappa shape index (κ1) is 5.67. The van der Waals surface area contributed by atoms with Crippen molar-refractivity contribution < 1.29 is 4.79 Å². The number of nitrogens with two attached hydrogens (primary N) is 1. The average Bonchev–Trinajstić information content (AvgIpc) is 2.14. The van der Waals surface area contributed by atoms with Gasteiger partial charge in [-0.25, -0.2) is 0 Å². The molecule has 0 saturated heterocycles. The predicted octanol–water partition coefficient (Wildman–Crippen LogP) is -1.69. The van der Waals surface area contributed by atoms with Crippen molar-refractivity contribution >= 4 is 5.91 Å². The zero-order valence-electron chi connectivity index (χ0n) is 4.77. The number of hydrogen-bond donors (Lipinski definition) is 1. The Morgan fingerprint density at radius 3 is 2.67 bits per heavy atom. The molecule has 0 saturated carbocycles. The third-order valence-corrected chi connectivity index (χ3v) is 0.729. The van der Waals surface area contributed by atoms with E-state index in [-0.39, 0.29) is 5.82 Å². The Balaban J connectivity index is 2.98. The Morgan fingerprint density at radius 2 is 2.44 bits per heavy atom. The van der Waals surface area contributed by atoms with Crippen LogP contribution in [0.1, 0.15) is 10.6 Å². The molecule has 0 aliphatic rings. The molecule has 0 aliphatic carbocycles. The Labute approximate surface area is 50.6 Å². The minimum Gasteiger partial charge on any atom is -0.363 e. The summed E-state index contributed by atoms with van der Waals surface area (Å²) in [6, 6.07) is 0. The van der Waals surface area contributed by atoms with Crippen molar-refractivity contribution in [3.63, 3.8) is 0 Å². The van der Waals surface area contributed by atoms with Gasteiger partial charge in [-0.05, 0) is 5.21 Å². The first-order chi connectivity index (χ1) is 4.20. The summed E-state index contributed by atoms with van der Waals surface area (Å²) < 4.78 is 0. The maximum Gasteiger partial charge on any atom is 0.290 e. The molecule has 0 spiro atoms. The number of amides is 1. The summed E-state index contributed by atoms with van der Waals surface area (Å²) in [5.41, 5.74) is 4.81. The lowest BCUT2D eigenvalue weighted by atomic mass is 10.6. The van der Waals surface area contributed by atoms with E-state index in [1.54, 1.807) is 7.05 Å². The molecule has 1 amide bonds. The highest BCUT2D eigenvalue weighted by Crippen LogP contribution is 1.78. The monoisotopic (exact) mass is 127 g/mol. The van der Waals surface area contributed by atoms with Crippen LogP contribution < -0.4 is 5.73 Å². The third-order valence-electron chi connectivity index (χ3n) is 0.729. The number of nitrogens with zero attached hydrogens (tertiary/aromatic N) is 4. The summed E-state index contributed by atoms with van der Waals surface area (Å²) in [7, 11) is 1.56. The Bertz CT molecular complexity index is 228. The highest BCUT2D eigenvalue weighted by molar-refractivity contribution is 5.88. The number of primary amides is 1. The van der Waals surface area contributed by atoms with Gasteiger partial charge in [-0.3, -0.25) is 4.79 Å². The highest BCUT2D eigenvalue weighted by Gasteiger charge is 2.04. The fourth-order valence-corrected chi connectivity index (χ4v) is 0.383. The van der Waals surface area contributed by atoms with Crippen molar-refractivity contribution in [1.82, 2.24) is 20.2 Å². The van der Waals surface area contributed by atoms with Gasteiger partial charge in [0, 0.05) is 0 Å². The zero-order chi connectivity index (χ0) is 6.85. The van der Waals surface area contributed by atoms with Crippen LogP contribution in [-0.4, -0.2) is 26.1 Å². The maximum absolute atomic E-state index is 10.3. The summed E-state index contributed by atoms with van der Waals surface area (Å²) in [4.78, 5) is 11.4. The van der Waals surface area contributed by atoms with Gasteiger partial charge in [0.05, 0.1) is 7.05 Å². The second-order valence-corrected chi connectivity index (χ2v) is 1.47. The van der Waals surface area contributed by atoms with Gasteiger partial charge in [-0.1, -0.05) is 0 Å². The van der Waals surface area contributed by atoms with Gasteiger partial charge in [0.1, 0.15) is 0 Å². The fraction of sp³-hybridized carbons (Fsp3) is 0.333. The van der Waals surface area contributed by atoms with Gasteiger partial charge >= 0.3 is 0 Å². The van der Waals surface area contributed by atoms with Crippen LogP contribution in [0.15, 0.2) is 0 Å². The molecule has 1 rings (SSSR count). The van der Waals surface area contributed by atoms with Crippen molar-refractivity contribution in [3.05, 3.63) is 5.82 Å². The Kier molecular flexibility index (Phi) is 1.14. The van der Waals surface area contributed by atoms with Crippen LogP contribution in [-0.2, 0) is 7.05 Å². The van der Waals surface area contributed by atoms with Crippen LogP contribution in [0.25, 0.3) is 0 Å². The molecular formula is C3H5N5O. The van der Waals surface area contributed by atoms with Gasteiger partial charge in [0.2, 0.25) is 0 Å². The van der Waals surface area contributed by atoms with Gasteiger partial charge in [-0.15, -0.1) is 10.2 Å². The SMILES string of the molecule is Cn1nnc(C(N)=O)n1. The van der Waals surface area contributed by atoms with Gasteiger partial charge in [0.25, 0.3) is 11.7 Å². The number of rotatable bonds is 1. The van der Waals surface area contributed by atoms with Crippen LogP contribution in [0.5, 0.6) is 0 Å². The molecule has 0 aliphatic heterocycles. The highest BCUT2D eigenvalue weighted by atomic mass is 16.1. The van der Waals surface area contributed by atoms with E-state index in [0.717, 1.165) is 0 Å². The predicted molar refractivity (Wildman–Crippen MR) is 27.3 cm³/mol. The molecule has 9 heavy (non-hydrogen) atoms. The van der Waals surface area contributed by atoms with Crippen molar-refractivity contribution in [2.45, 2.75) is 0 Å². The molecular weight excluding hydrogens is 122 g/mol. The molecule has 1 aromatic heterocycles. The summed E-state index contributed by atoms with van der Waals surface area (Å²) in [6.07, 6.45) is 0. The van der Waals surface area contributed by atoms with E-state index in [1.807, 2.05) is 0 Å². The quantitative estimate of drug-likeness (QED) is 0.487. The van der Waals surface area contributed by atoms with Crippen LogP contribution in [0.2, 0.25) is 0 Å². The second kappa shape index (κ2) is 1.81. The van der Waals surface area contributed by atoms with Crippen LogP contribution in [0.4, 0.5) is 0 Å². The van der Waals surface area contributed by atoms with E-state index in [0.29, 0.717) is 0 Å². The van der Waals surface area contributed by atoms with Gasteiger partial charge in [0.15, 0.2) is 0 Å². The summed E-state index contributed by atoms with van der Waals surface area (Å²) in [5.74, 6) is -0.722. The van der Waals surface area contributed by atoms with E-state index in [4.69, 9.17) is 5.73 Å². The first-order valence-corrected chi connectivity index (χ1v) is 2.24. The van der Waals surface area contributed by atoms with E-state index in [2.05, 4.69) is 15.4 Å². The van der Waals surface area contributed by atoms with Crippen molar-refractivity contribution in [2.75, 3.05) is 0 Å². The molecule has 6 heteroatoms. The summed E-state index contributed by atoms with van der Waals surface area (Å²) in [6.45, 7) is 0. The Hall–Kier alpha value is -1.46. The topological polar surface area (TPSA) is 86.7 Å². The minimum absolute atomic E-state index is 0.0579. The fourth-order valence-electron chi connectivity index (χ4n) is 0.383.